The van der Waals surface area contributed by atoms with Gasteiger partial charge < -0.3 is 19.9 Å². The molecule has 1 saturated heterocycles. The van der Waals surface area contributed by atoms with Crippen molar-refractivity contribution >= 4 is 0 Å². The summed E-state index contributed by atoms with van der Waals surface area (Å²) < 4.78 is 10.7. The molecule has 0 spiro atoms. The maximum atomic E-state index is 9.95. The predicted octanol–water partition coefficient (Wildman–Crippen LogP) is 1.58. The smallest absolute Gasteiger partial charge is 0.119 e. The summed E-state index contributed by atoms with van der Waals surface area (Å²) in [6, 6.07) is 7.72. The standard InChI is InChI=1S/C14H21NO3/c1-17-11-4-6-12(7-5-11)18-10-8-14(16)13-3-2-9-15-13/h4-7,13-16H,2-3,8-10H2,1H3. The minimum Gasteiger partial charge on any atom is -0.497 e. The molecule has 18 heavy (non-hydrogen) atoms. The third-order valence-electron chi connectivity index (χ3n) is 3.30. The second-order valence-electron chi connectivity index (χ2n) is 4.58. The Hall–Kier alpha value is -1.26. The van der Waals surface area contributed by atoms with E-state index < -0.39 is 0 Å². The van der Waals surface area contributed by atoms with E-state index >= 15 is 0 Å². The molecule has 2 unspecified atom stereocenters. The van der Waals surface area contributed by atoms with Crippen LogP contribution in [0.5, 0.6) is 11.5 Å². The molecule has 1 fully saturated rings. The van der Waals surface area contributed by atoms with Crippen molar-refractivity contribution in [2.75, 3.05) is 20.3 Å². The number of aliphatic hydroxyl groups is 1. The van der Waals surface area contributed by atoms with Gasteiger partial charge in [-0.2, -0.15) is 0 Å². The zero-order valence-corrected chi connectivity index (χ0v) is 10.8. The van der Waals surface area contributed by atoms with Crippen molar-refractivity contribution in [3.63, 3.8) is 0 Å². The van der Waals surface area contributed by atoms with E-state index in [-0.39, 0.29) is 12.1 Å². The average molecular weight is 251 g/mol. The lowest BCUT2D eigenvalue weighted by Gasteiger charge is -2.18. The molecule has 2 rings (SSSR count). The average Bonchev–Trinajstić information content (AvgIpc) is 2.93. The SMILES string of the molecule is COc1ccc(OCCC(O)C2CCCN2)cc1. The Morgan fingerprint density at radius 1 is 1.33 bits per heavy atom. The fourth-order valence-electron chi connectivity index (χ4n) is 2.21. The molecular weight excluding hydrogens is 230 g/mol. The first-order chi connectivity index (χ1) is 8.79. The molecule has 0 saturated carbocycles. The van der Waals surface area contributed by atoms with Crippen molar-refractivity contribution in [2.45, 2.75) is 31.4 Å². The van der Waals surface area contributed by atoms with E-state index in [1.165, 1.54) is 0 Å². The third kappa shape index (κ3) is 3.62. The first kappa shape index (κ1) is 13.2. The summed E-state index contributed by atoms with van der Waals surface area (Å²) in [6.07, 6.45) is 2.56. The normalized spacial score (nSPS) is 20.7. The minimum absolute atomic E-state index is 0.240. The van der Waals surface area contributed by atoms with Gasteiger partial charge in [-0.1, -0.05) is 0 Å². The number of nitrogens with one attached hydrogen (secondary N) is 1. The molecule has 0 amide bonds. The summed E-state index contributed by atoms with van der Waals surface area (Å²) >= 11 is 0. The Morgan fingerprint density at radius 2 is 2.06 bits per heavy atom. The Labute approximate surface area is 108 Å². The zero-order chi connectivity index (χ0) is 12.8. The molecule has 4 nitrogen and oxygen atoms in total. The molecule has 0 aromatic heterocycles. The maximum Gasteiger partial charge on any atom is 0.119 e. The second-order valence-corrected chi connectivity index (χ2v) is 4.58. The van der Waals surface area contributed by atoms with Crippen LogP contribution in [0, 0.1) is 0 Å². The van der Waals surface area contributed by atoms with Gasteiger partial charge in [0, 0.05) is 12.5 Å². The van der Waals surface area contributed by atoms with Gasteiger partial charge in [0.05, 0.1) is 19.8 Å². The van der Waals surface area contributed by atoms with Crippen LogP contribution in [-0.4, -0.2) is 37.5 Å². The van der Waals surface area contributed by atoms with E-state index in [4.69, 9.17) is 9.47 Å². The molecule has 2 N–H and O–H groups in total. The number of hydrogen-bond donors (Lipinski definition) is 2. The quantitative estimate of drug-likeness (QED) is 0.806. The number of methoxy groups -OCH3 is 1. The van der Waals surface area contributed by atoms with Gasteiger partial charge in [0.25, 0.3) is 0 Å². The van der Waals surface area contributed by atoms with Crippen LogP contribution in [0.3, 0.4) is 0 Å². The van der Waals surface area contributed by atoms with Gasteiger partial charge in [-0.25, -0.2) is 0 Å². The Morgan fingerprint density at radius 3 is 2.67 bits per heavy atom. The molecule has 0 radical (unpaired) electrons. The predicted molar refractivity (Wildman–Crippen MR) is 70.1 cm³/mol. The fraction of sp³-hybridized carbons (Fsp3) is 0.571. The highest BCUT2D eigenvalue weighted by Gasteiger charge is 2.22. The van der Waals surface area contributed by atoms with E-state index in [1.54, 1.807) is 7.11 Å². The summed E-state index contributed by atoms with van der Waals surface area (Å²) in [4.78, 5) is 0. The van der Waals surface area contributed by atoms with Crippen LogP contribution in [-0.2, 0) is 0 Å². The number of aliphatic hydroxyl groups excluding tert-OH is 1. The van der Waals surface area contributed by atoms with Crippen LogP contribution in [0.15, 0.2) is 24.3 Å². The Kier molecular flexibility index (Phi) is 4.84. The molecule has 1 aliphatic heterocycles. The molecule has 0 bridgehead atoms. The number of rotatable bonds is 6. The Balaban J connectivity index is 1.70. The highest BCUT2D eigenvalue weighted by atomic mass is 16.5. The second kappa shape index (κ2) is 6.61. The summed E-state index contributed by atoms with van der Waals surface area (Å²) in [6.45, 7) is 1.55. The molecule has 2 atom stereocenters. The maximum absolute atomic E-state index is 9.95. The highest BCUT2D eigenvalue weighted by Crippen LogP contribution is 2.18. The lowest BCUT2D eigenvalue weighted by molar-refractivity contribution is 0.107. The number of ether oxygens (including phenoxy) is 2. The van der Waals surface area contributed by atoms with E-state index in [0.29, 0.717) is 13.0 Å². The van der Waals surface area contributed by atoms with Crippen molar-refractivity contribution in [3.05, 3.63) is 24.3 Å². The van der Waals surface area contributed by atoms with E-state index in [0.717, 1.165) is 30.9 Å². The van der Waals surface area contributed by atoms with Crippen LogP contribution < -0.4 is 14.8 Å². The molecule has 4 heteroatoms. The van der Waals surface area contributed by atoms with Crippen LogP contribution in [0.1, 0.15) is 19.3 Å². The number of benzene rings is 1. The highest BCUT2D eigenvalue weighted by molar-refractivity contribution is 5.31. The summed E-state index contributed by atoms with van der Waals surface area (Å²) in [7, 11) is 1.64. The van der Waals surface area contributed by atoms with Crippen molar-refractivity contribution in [3.8, 4) is 11.5 Å². The van der Waals surface area contributed by atoms with Crippen molar-refractivity contribution in [2.24, 2.45) is 0 Å². The topological polar surface area (TPSA) is 50.7 Å². The van der Waals surface area contributed by atoms with Crippen LogP contribution in [0.25, 0.3) is 0 Å². The molecule has 1 heterocycles. The van der Waals surface area contributed by atoms with Gasteiger partial charge in [0.15, 0.2) is 0 Å². The summed E-state index contributed by atoms with van der Waals surface area (Å²) in [5, 5.41) is 13.2. The van der Waals surface area contributed by atoms with Crippen LogP contribution in [0.2, 0.25) is 0 Å². The molecule has 1 aromatic carbocycles. The molecular formula is C14H21NO3. The molecule has 1 aliphatic rings. The molecule has 100 valence electrons. The minimum atomic E-state index is -0.314. The number of hydrogen-bond acceptors (Lipinski definition) is 4. The van der Waals surface area contributed by atoms with Gasteiger partial charge >= 0.3 is 0 Å². The molecule has 0 aliphatic carbocycles. The summed E-state index contributed by atoms with van der Waals surface area (Å²) in [5.74, 6) is 1.62. The first-order valence-electron chi connectivity index (χ1n) is 6.48. The van der Waals surface area contributed by atoms with Crippen LogP contribution >= 0.6 is 0 Å². The largest absolute Gasteiger partial charge is 0.497 e. The van der Waals surface area contributed by atoms with Crippen LogP contribution in [0.4, 0.5) is 0 Å². The zero-order valence-electron chi connectivity index (χ0n) is 10.8. The molecule has 1 aromatic rings. The van der Waals surface area contributed by atoms with E-state index in [1.807, 2.05) is 24.3 Å². The Bertz CT molecular complexity index is 347. The van der Waals surface area contributed by atoms with Gasteiger partial charge in [-0.15, -0.1) is 0 Å². The van der Waals surface area contributed by atoms with Gasteiger partial charge in [0.2, 0.25) is 0 Å². The lowest BCUT2D eigenvalue weighted by Crippen LogP contribution is -2.35. The first-order valence-corrected chi connectivity index (χ1v) is 6.48. The van der Waals surface area contributed by atoms with Gasteiger partial charge in [-0.3, -0.25) is 0 Å². The van der Waals surface area contributed by atoms with Gasteiger partial charge in [-0.05, 0) is 43.7 Å². The monoisotopic (exact) mass is 251 g/mol. The van der Waals surface area contributed by atoms with Crippen molar-refractivity contribution < 1.29 is 14.6 Å². The summed E-state index contributed by atoms with van der Waals surface area (Å²) in [5.41, 5.74) is 0. The fourth-order valence-corrected chi connectivity index (χ4v) is 2.21. The van der Waals surface area contributed by atoms with Crippen molar-refractivity contribution in [1.82, 2.24) is 5.32 Å². The van der Waals surface area contributed by atoms with Crippen molar-refractivity contribution in [1.29, 1.82) is 0 Å². The van der Waals surface area contributed by atoms with E-state index in [2.05, 4.69) is 5.32 Å². The van der Waals surface area contributed by atoms with Gasteiger partial charge in [0.1, 0.15) is 11.5 Å². The van der Waals surface area contributed by atoms with E-state index in [9.17, 15) is 5.11 Å². The third-order valence-corrected chi connectivity index (χ3v) is 3.30. The lowest BCUT2D eigenvalue weighted by atomic mass is 10.1.